The molecule has 5 N–H and O–H groups in total. The summed E-state index contributed by atoms with van der Waals surface area (Å²) >= 11 is 18.2. The van der Waals surface area contributed by atoms with Crippen molar-refractivity contribution in [2.45, 2.75) is 3.92 Å². The molecule has 88 valence electrons. The minimum atomic E-state index is -3.42. The predicted octanol–water partition coefficient (Wildman–Crippen LogP) is 1.54. The van der Waals surface area contributed by atoms with Gasteiger partial charge >= 0.3 is 7.59 Å². The van der Waals surface area contributed by atoms with Crippen molar-refractivity contribution in [1.29, 1.82) is 0 Å². The SMILES string of the molecule is CN(C1=CSNN1C(Cl)(Cl)Cl)P(N)(N)=O. The molecule has 0 spiro atoms. The minimum absolute atomic E-state index is 0.327. The molecule has 15 heavy (non-hydrogen) atoms. The van der Waals surface area contributed by atoms with Gasteiger partial charge in [-0.2, -0.15) is 4.83 Å². The van der Waals surface area contributed by atoms with Gasteiger partial charge in [-0.3, -0.25) is 20.2 Å². The molecule has 0 fully saturated rings. The third kappa shape index (κ3) is 3.31. The van der Waals surface area contributed by atoms with Gasteiger partial charge in [0.05, 0.1) is 0 Å². The first-order valence-electron chi connectivity index (χ1n) is 3.54. The van der Waals surface area contributed by atoms with E-state index in [-0.39, 0.29) is 0 Å². The summed E-state index contributed by atoms with van der Waals surface area (Å²) in [6.45, 7) is 0. The van der Waals surface area contributed by atoms with Crippen molar-refractivity contribution in [2.75, 3.05) is 7.05 Å². The van der Waals surface area contributed by atoms with Crippen LogP contribution >= 0.6 is 54.3 Å². The van der Waals surface area contributed by atoms with Gasteiger partial charge in [0.2, 0.25) is 0 Å². The van der Waals surface area contributed by atoms with Crippen LogP contribution in [0.4, 0.5) is 0 Å². The second-order valence-corrected chi connectivity index (χ2v) is 7.50. The van der Waals surface area contributed by atoms with E-state index >= 15 is 0 Å². The molecule has 1 heterocycles. The van der Waals surface area contributed by atoms with Crippen molar-refractivity contribution in [1.82, 2.24) is 14.5 Å². The standard InChI is InChI=1S/C4H9Cl3N5OPS/c1-11(14(8,9)13)3-2-15-10-12(3)4(5,6)7/h2,10H,1H3,(H4,8,9,13). The molecule has 0 aromatic heterocycles. The number of hydrazine groups is 1. The van der Waals surface area contributed by atoms with E-state index in [9.17, 15) is 4.57 Å². The van der Waals surface area contributed by atoms with Crippen molar-refractivity contribution in [3.8, 4) is 0 Å². The molecule has 0 aromatic carbocycles. The van der Waals surface area contributed by atoms with E-state index < -0.39 is 11.5 Å². The van der Waals surface area contributed by atoms with Gasteiger partial charge < -0.3 is 0 Å². The first kappa shape index (κ1) is 13.7. The number of rotatable bonds is 2. The van der Waals surface area contributed by atoms with Gasteiger partial charge in [0, 0.05) is 12.5 Å². The van der Waals surface area contributed by atoms with Crippen LogP contribution in [0.25, 0.3) is 0 Å². The lowest BCUT2D eigenvalue weighted by Gasteiger charge is -2.34. The fraction of sp³-hybridized carbons (Fsp3) is 0.500. The quantitative estimate of drug-likeness (QED) is 0.308. The van der Waals surface area contributed by atoms with Crippen LogP contribution in [-0.4, -0.2) is 20.6 Å². The molecular weight excluding hydrogens is 303 g/mol. The van der Waals surface area contributed by atoms with Crippen LogP contribution in [0.3, 0.4) is 0 Å². The van der Waals surface area contributed by atoms with Gasteiger partial charge in [0.25, 0.3) is 3.92 Å². The highest BCUT2D eigenvalue weighted by molar-refractivity contribution is 8.00. The summed E-state index contributed by atoms with van der Waals surface area (Å²) in [5.41, 5.74) is 10.6. The Hall–Kier alpha value is 0.670. The minimum Gasteiger partial charge on any atom is -0.287 e. The monoisotopic (exact) mass is 311 g/mol. The van der Waals surface area contributed by atoms with E-state index in [1.807, 2.05) is 0 Å². The smallest absolute Gasteiger partial charge is 0.287 e. The third-order valence-electron chi connectivity index (χ3n) is 1.59. The average Bonchev–Trinajstić information content (AvgIpc) is 2.47. The lowest BCUT2D eigenvalue weighted by molar-refractivity contribution is 0.273. The zero-order valence-corrected chi connectivity index (χ0v) is 11.5. The van der Waals surface area contributed by atoms with Gasteiger partial charge in [-0.15, -0.1) is 0 Å². The number of hydrogen-bond donors (Lipinski definition) is 3. The first-order valence-corrected chi connectivity index (χ1v) is 7.35. The summed E-state index contributed by atoms with van der Waals surface area (Å²) in [5.74, 6) is 0.327. The van der Waals surface area contributed by atoms with Crippen LogP contribution in [0.15, 0.2) is 11.2 Å². The first-order chi connectivity index (χ1) is 6.64. The summed E-state index contributed by atoms with van der Waals surface area (Å²) in [4.78, 5) is 2.69. The van der Waals surface area contributed by atoms with E-state index in [2.05, 4.69) is 4.83 Å². The molecule has 0 unspecified atom stereocenters. The van der Waals surface area contributed by atoms with Gasteiger partial charge in [-0.1, -0.05) is 34.8 Å². The predicted molar refractivity (Wildman–Crippen MR) is 64.7 cm³/mol. The number of nitrogens with zero attached hydrogens (tertiary/aromatic N) is 2. The third-order valence-corrected chi connectivity index (χ3v) is 3.86. The van der Waals surface area contributed by atoms with Crippen LogP contribution in [0.1, 0.15) is 0 Å². The number of halogens is 3. The molecule has 1 rings (SSSR count). The summed E-state index contributed by atoms with van der Waals surface area (Å²) in [6.07, 6.45) is 0. The molecule has 0 saturated carbocycles. The zero-order valence-electron chi connectivity index (χ0n) is 7.52. The summed E-state index contributed by atoms with van der Waals surface area (Å²) in [6, 6.07) is 0. The van der Waals surface area contributed by atoms with E-state index in [1.54, 1.807) is 5.41 Å². The van der Waals surface area contributed by atoms with Crippen molar-refractivity contribution < 1.29 is 4.57 Å². The van der Waals surface area contributed by atoms with Crippen LogP contribution in [0.5, 0.6) is 0 Å². The Bertz CT molecular complexity index is 327. The van der Waals surface area contributed by atoms with Gasteiger partial charge in [0.1, 0.15) is 5.82 Å². The van der Waals surface area contributed by atoms with E-state index in [1.165, 1.54) is 12.1 Å². The highest BCUT2D eigenvalue weighted by atomic mass is 35.6. The van der Waals surface area contributed by atoms with Gasteiger partial charge in [-0.05, 0) is 11.9 Å². The topological polar surface area (TPSA) is 87.6 Å². The number of nitrogens with one attached hydrogen (secondary N) is 1. The normalized spacial score (nSPS) is 18.0. The molecule has 1 aliphatic heterocycles. The lowest BCUT2D eigenvalue weighted by Crippen LogP contribution is -2.44. The fourth-order valence-electron chi connectivity index (χ4n) is 0.794. The van der Waals surface area contributed by atoms with Crippen molar-refractivity contribution in [3.05, 3.63) is 11.2 Å². The Morgan fingerprint density at radius 1 is 1.60 bits per heavy atom. The van der Waals surface area contributed by atoms with E-state index in [4.69, 9.17) is 45.8 Å². The highest BCUT2D eigenvalue weighted by Gasteiger charge is 2.38. The largest absolute Gasteiger partial charge is 0.301 e. The molecule has 6 nitrogen and oxygen atoms in total. The van der Waals surface area contributed by atoms with Gasteiger partial charge in [-0.25, -0.2) is 5.01 Å². The molecule has 0 aromatic rings. The highest BCUT2D eigenvalue weighted by Crippen LogP contribution is 2.43. The van der Waals surface area contributed by atoms with Crippen molar-refractivity contribution >= 4 is 54.3 Å². The van der Waals surface area contributed by atoms with E-state index in [0.29, 0.717) is 5.82 Å². The van der Waals surface area contributed by atoms with Crippen molar-refractivity contribution in [3.63, 3.8) is 0 Å². The molecule has 11 heteroatoms. The molecule has 0 aliphatic carbocycles. The van der Waals surface area contributed by atoms with Crippen LogP contribution in [0.2, 0.25) is 0 Å². The maximum atomic E-state index is 11.4. The summed E-state index contributed by atoms with van der Waals surface area (Å²) in [5, 5.41) is 2.75. The Balaban J connectivity index is 2.92. The molecule has 0 atom stereocenters. The van der Waals surface area contributed by atoms with Crippen LogP contribution in [0, 0.1) is 0 Å². The maximum absolute atomic E-state index is 11.4. The number of alkyl halides is 3. The van der Waals surface area contributed by atoms with Crippen molar-refractivity contribution in [2.24, 2.45) is 11.0 Å². The number of nitrogens with two attached hydrogens (primary N) is 2. The molecule has 1 aliphatic rings. The average molecular weight is 313 g/mol. The fourth-order valence-corrected chi connectivity index (χ4v) is 2.63. The molecule has 0 amide bonds. The van der Waals surface area contributed by atoms with Crippen LogP contribution < -0.4 is 15.8 Å². The Morgan fingerprint density at radius 3 is 2.53 bits per heavy atom. The molecule has 0 saturated heterocycles. The van der Waals surface area contributed by atoms with Crippen LogP contribution in [-0.2, 0) is 4.57 Å². The Morgan fingerprint density at radius 2 is 2.13 bits per heavy atom. The Kier molecular flexibility index (Phi) is 4.12. The Labute approximate surface area is 106 Å². The summed E-state index contributed by atoms with van der Waals surface area (Å²) < 4.78 is 10.9. The maximum Gasteiger partial charge on any atom is 0.301 e. The number of hydrogen-bond acceptors (Lipinski definition) is 4. The molecule has 0 bridgehead atoms. The summed E-state index contributed by atoms with van der Waals surface area (Å²) in [7, 11) is -1.97. The zero-order chi connectivity index (χ0) is 11.9. The van der Waals surface area contributed by atoms with E-state index in [0.717, 1.165) is 16.6 Å². The second kappa shape index (κ2) is 4.50. The van der Waals surface area contributed by atoms with Gasteiger partial charge in [0.15, 0.2) is 0 Å². The molecular formula is C4H9Cl3N5OPS. The molecule has 0 radical (unpaired) electrons. The second-order valence-electron chi connectivity index (χ2n) is 2.68. The lowest BCUT2D eigenvalue weighted by atomic mass is 10.7.